The Balaban J connectivity index is 2.96. The van der Waals surface area contributed by atoms with E-state index in [-0.39, 0.29) is 0 Å². The van der Waals surface area contributed by atoms with Crippen molar-refractivity contribution in [3.05, 3.63) is 65.8 Å². The number of rotatable bonds is 7. The fraction of sp³-hybridized carbons (Fsp3) is 0.263. The first-order valence-electron chi connectivity index (χ1n) is 7.30. The fourth-order valence-corrected chi connectivity index (χ4v) is 1.99. The van der Waals surface area contributed by atoms with Crippen LogP contribution in [0.5, 0.6) is 5.75 Å². The smallest absolute Gasteiger partial charge is 0.131 e. The summed E-state index contributed by atoms with van der Waals surface area (Å²) < 4.78 is 5.56. The molecule has 1 aromatic carbocycles. The molecule has 0 amide bonds. The Kier molecular flexibility index (Phi) is 7.73. The first-order chi connectivity index (χ1) is 10.2. The summed E-state index contributed by atoms with van der Waals surface area (Å²) in [5, 5.41) is 0. The summed E-state index contributed by atoms with van der Waals surface area (Å²) >= 11 is 0. The number of anilines is 1. The molecular formula is C19H25NO. The van der Waals surface area contributed by atoms with Crippen molar-refractivity contribution < 1.29 is 4.74 Å². The molecule has 0 saturated heterocycles. The van der Waals surface area contributed by atoms with Gasteiger partial charge in [-0.05, 0) is 31.9 Å². The van der Waals surface area contributed by atoms with Gasteiger partial charge >= 0.3 is 0 Å². The van der Waals surface area contributed by atoms with Crippen molar-refractivity contribution in [2.24, 2.45) is 0 Å². The third-order valence-corrected chi connectivity index (χ3v) is 3.05. The maximum Gasteiger partial charge on any atom is 0.131 e. The largest absolute Gasteiger partial charge is 0.496 e. The molecule has 2 heteroatoms. The lowest BCUT2D eigenvalue weighted by Crippen LogP contribution is -1.99. The Hall–Kier alpha value is -2.22. The lowest BCUT2D eigenvalue weighted by atomic mass is 10.0. The Morgan fingerprint density at radius 2 is 1.86 bits per heavy atom. The molecule has 0 aliphatic carbocycles. The SMILES string of the molecule is C\C=C/C=C\C=C\Cc1c(N)ccc(/C=C\CC)c1OC. The number of nitrogen functional groups attached to an aromatic ring is 1. The van der Waals surface area contributed by atoms with Crippen LogP contribution >= 0.6 is 0 Å². The van der Waals surface area contributed by atoms with Gasteiger partial charge in [-0.25, -0.2) is 0 Å². The van der Waals surface area contributed by atoms with E-state index in [1.54, 1.807) is 7.11 Å². The predicted octanol–water partition coefficient (Wildman–Crippen LogP) is 4.93. The van der Waals surface area contributed by atoms with Crippen LogP contribution in [0.1, 0.15) is 31.4 Å². The lowest BCUT2D eigenvalue weighted by Gasteiger charge is -2.13. The third-order valence-electron chi connectivity index (χ3n) is 3.05. The van der Waals surface area contributed by atoms with E-state index in [2.05, 4.69) is 25.2 Å². The minimum absolute atomic E-state index is 0.753. The monoisotopic (exact) mass is 283 g/mol. The maximum atomic E-state index is 6.09. The highest BCUT2D eigenvalue weighted by Gasteiger charge is 2.09. The van der Waals surface area contributed by atoms with Gasteiger partial charge in [0, 0.05) is 16.8 Å². The summed E-state index contributed by atoms with van der Waals surface area (Å²) in [6.45, 7) is 4.11. The van der Waals surface area contributed by atoms with E-state index >= 15 is 0 Å². The van der Waals surface area contributed by atoms with Crippen molar-refractivity contribution in [2.45, 2.75) is 26.7 Å². The molecule has 21 heavy (non-hydrogen) atoms. The summed E-state index contributed by atoms with van der Waals surface area (Å²) in [7, 11) is 1.69. The average molecular weight is 283 g/mol. The minimum Gasteiger partial charge on any atom is -0.496 e. The fourth-order valence-electron chi connectivity index (χ4n) is 1.99. The third kappa shape index (κ3) is 5.35. The van der Waals surface area contributed by atoms with Crippen molar-refractivity contribution in [1.29, 1.82) is 0 Å². The maximum absolute atomic E-state index is 6.09. The zero-order chi connectivity index (χ0) is 15.5. The first kappa shape index (κ1) is 16.8. The number of methoxy groups -OCH3 is 1. The standard InChI is InChI=1S/C19H25NO/c1-4-6-8-9-10-11-13-17-18(20)15-14-16(12-7-5-2)19(17)21-3/h4,6-12,14-15H,5,13,20H2,1-3H3/b6-4-,9-8-,11-10+,12-7-. The number of benzene rings is 1. The van der Waals surface area contributed by atoms with Gasteiger partial charge in [0.1, 0.15) is 5.75 Å². The van der Waals surface area contributed by atoms with Gasteiger partial charge in [0.15, 0.2) is 0 Å². The van der Waals surface area contributed by atoms with E-state index in [0.29, 0.717) is 0 Å². The van der Waals surface area contributed by atoms with Gasteiger partial charge in [0.25, 0.3) is 0 Å². The van der Waals surface area contributed by atoms with Crippen LogP contribution < -0.4 is 10.5 Å². The van der Waals surface area contributed by atoms with E-state index in [9.17, 15) is 0 Å². The number of hydrogen-bond donors (Lipinski definition) is 1. The second-order valence-electron chi connectivity index (χ2n) is 4.61. The Labute approximate surface area is 128 Å². The van der Waals surface area contributed by atoms with Crippen LogP contribution in [0.15, 0.2) is 54.7 Å². The molecule has 0 spiro atoms. The molecule has 2 nitrogen and oxygen atoms in total. The lowest BCUT2D eigenvalue weighted by molar-refractivity contribution is 0.410. The quantitative estimate of drug-likeness (QED) is 0.568. The van der Waals surface area contributed by atoms with Crippen LogP contribution in [-0.4, -0.2) is 7.11 Å². The van der Waals surface area contributed by atoms with Gasteiger partial charge in [-0.1, -0.05) is 55.5 Å². The van der Waals surface area contributed by atoms with E-state index in [1.807, 2.05) is 49.4 Å². The molecule has 0 saturated carbocycles. The summed E-state index contributed by atoms with van der Waals surface area (Å²) in [4.78, 5) is 0. The number of allylic oxidation sites excluding steroid dienone is 7. The predicted molar refractivity (Wildman–Crippen MR) is 93.5 cm³/mol. The number of ether oxygens (including phenoxy) is 1. The molecule has 0 aromatic heterocycles. The molecule has 1 aromatic rings. The van der Waals surface area contributed by atoms with Crippen LogP contribution in [0.2, 0.25) is 0 Å². The minimum atomic E-state index is 0.753. The molecule has 0 heterocycles. The normalized spacial score (nSPS) is 12.3. The molecular weight excluding hydrogens is 258 g/mol. The zero-order valence-corrected chi connectivity index (χ0v) is 13.2. The van der Waals surface area contributed by atoms with Crippen LogP contribution in [0.4, 0.5) is 5.69 Å². The molecule has 0 fully saturated rings. The second-order valence-corrected chi connectivity index (χ2v) is 4.61. The summed E-state index contributed by atoms with van der Waals surface area (Å²) in [6.07, 6.45) is 18.0. The Bertz CT molecular complexity index is 551. The van der Waals surface area contributed by atoms with Gasteiger partial charge in [0.05, 0.1) is 7.11 Å². The number of nitrogens with two attached hydrogens (primary N) is 1. The van der Waals surface area contributed by atoms with Crippen molar-refractivity contribution in [2.75, 3.05) is 12.8 Å². The van der Waals surface area contributed by atoms with Crippen molar-refractivity contribution in [3.8, 4) is 5.75 Å². The molecule has 0 aliphatic rings. The Morgan fingerprint density at radius 1 is 1.10 bits per heavy atom. The van der Waals surface area contributed by atoms with Gasteiger partial charge < -0.3 is 10.5 Å². The zero-order valence-electron chi connectivity index (χ0n) is 13.2. The van der Waals surface area contributed by atoms with E-state index in [1.165, 1.54) is 0 Å². The van der Waals surface area contributed by atoms with Gasteiger partial charge in [0.2, 0.25) is 0 Å². The van der Waals surface area contributed by atoms with Crippen molar-refractivity contribution in [1.82, 2.24) is 0 Å². The second kappa shape index (κ2) is 9.65. The highest BCUT2D eigenvalue weighted by molar-refractivity contribution is 5.67. The van der Waals surface area contributed by atoms with E-state index in [0.717, 1.165) is 35.4 Å². The van der Waals surface area contributed by atoms with Crippen LogP contribution in [-0.2, 0) is 6.42 Å². The first-order valence-corrected chi connectivity index (χ1v) is 7.30. The molecule has 2 N–H and O–H groups in total. The van der Waals surface area contributed by atoms with Crippen LogP contribution in [0, 0.1) is 0 Å². The average Bonchev–Trinajstić information content (AvgIpc) is 2.50. The molecule has 112 valence electrons. The molecule has 0 radical (unpaired) electrons. The van der Waals surface area contributed by atoms with Gasteiger partial charge in [-0.2, -0.15) is 0 Å². The van der Waals surface area contributed by atoms with Gasteiger partial charge in [-0.15, -0.1) is 0 Å². The highest BCUT2D eigenvalue weighted by Crippen LogP contribution is 2.30. The number of hydrogen-bond acceptors (Lipinski definition) is 2. The van der Waals surface area contributed by atoms with Crippen molar-refractivity contribution >= 4 is 11.8 Å². The summed E-state index contributed by atoms with van der Waals surface area (Å²) in [6, 6.07) is 3.94. The van der Waals surface area contributed by atoms with Crippen molar-refractivity contribution in [3.63, 3.8) is 0 Å². The van der Waals surface area contributed by atoms with E-state index < -0.39 is 0 Å². The van der Waals surface area contributed by atoms with Crippen LogP contribution in [0.3, 0.4) is 0 Å². The molecule has 0 unspecified atom stereocenters. The molecule has 0 atom stereocenters. The molecule has 0 aliphatic heterocycles. The topological polar surface area (TPSA) is 35.2 Å². The molecule has 1 rings (SSSR count). The van der Waals surface area contributed by atoms with Crippen LogP contribution in [0.25, 0.3) is 6.08 Å². The Morgan fingerprint density at radius 3 is 2.52 bits per heavy atom. The highest BCUT2D eigenvalue weighted by atomic mass is 16.5. The summed E-state index contributed by atoms with van der Waals surface area (Å²) in [5.41, 5.74) is 8.96. The molecule has 0 bridgehead atoms. The van der Waals surface area contributed by atoms with E-state index in [4.69, 9.17) is 10.5 Å². The van der Waals surface area contributed by atoms with Gasteiger partial charge in [-0.3, -0.25) is 0 Å². The summed E-state index contributed by atoms with van der Waals surface area (Å²) in [5.74, 6) is 0.863.